The molecular weight excluding hydrogens is 505 g/mol. The number of aromatic nitrogens is 2. The van der Waals surface area contributed by atoms with Crippen molar-refractivity contribution in [2.45, 2.75) is 46.7 Å². The summed E-state index contributed by atoms with van der Waals surface area (Å²) < 4.78 is 5.46. The standard InChI is InChI=1S/C22H35N7O.HI/c1-5-19-18(20(6-2)30-27-19)16-26-22(23-7-3)25-15-17-8-9-21(24-14-17)29-12-10-28(4)11-13-29;/h8-9,14H,5-7,10-13,15-16H2,1-4H3,(H2,23,25,26);1H. The Morgan fingerprint density at radius 3 is 2.48 bits per heavy atom. The lowest BCUT2D eigenvalue weighted by Gasteiger charge is -2.33. The molecule has 31 heavy (non-hydrogen) atoms. The van der Waals surface area contributed by atoms with Crippen molar-refractivity contribution in [2.24, 2.45) is 4.99 Å². The highest BCUT2D eigenvalue weighted by atomic mass is 127. The normalized spacial score (nSPS) is 15.0. The van der Waals surface area contributed by atoms with Crippen LogP contribution in [0.1, 0.15) is 43.4 Å². The SMILES string of the molecule is CCNC(=NCc1ccc(N2CCN(C)CC2)nc1)NCc1c(CC)noc1CC.I. The van der Waals surface area contributed by atoms with Gasteiger partial charge in [0.2, 0.25) is 0 Å². The summed E-state index contributed by atoms with van der Waals surface area (Å²) in [5, 5.41) is 10.9. The van der Waals surface area contributed by atoms with E-state index in [4.69, 9.17) is 9.52 Å². The van der Waals surface area contributed by atoms with Gasteiger partial charge >= 0.3 is 0 Å². The second kappa shape index (κ2) is 12.8. The predicted octanol–water partition coefficient (Wildman–Crippen LogP) is 2.82. The number of pyridine rings is 1. The van der Waals surface area contributed by atoms with E-state index < -0.39 is 0 Å². The smallest absolute Gasteiger partial charge is 0.191 e. The molecule has 0 spiro atoms. The number of guanidine groups is 1. The average Bonchev–Trinajstić information content (AvgIpc) is 3.18. The second-order valence-electron chi connectivity index (χ2n) is 7.60. The highest BCUT2D eigenvalue weighted by molar-refractivity contribution is 14.0. The molecule has 0 aromatic carbocycles. The molecule has 2 N–H and O–H groups in total. The molecule has 3 rings (SSSR count). The Balaban J connectivity index is 0.00000341. The quantitative estimate of drug-likeness (QED) is 0.302. The number of likely N-dealkylation sites (N-methyl/N-ethyl adjacent to an activating group) is 1. The molecule has 2 aromatic heterocycles. The van der Waals surface area contributed by atoms with Gasteiger partial charge < -0.3 is 25.0 Å². The Labute approximate surface area is 202 Å². The number of nitrogens with one attached hydrogen (secondary N) is 2. The van der Waals surface area contributed by atoms with Crippen LogP contribution in [0.4, 0.5) is 5.82 Å². The molecule has 0 saturated carbocycles. The zero-order chi connectivity index (χ0) is 21.3. The molecule has 1 aliphatic rings. The topological polar surface area (TPSA) is 81.8 Å². The minimum Gasteiger partial charge on any atom is -0.361 e. The minimum atomic E-state index is 0. The fraction of sp³-hybridized carbons (Fsp3) is 0.591. The van der Waals surface area contributed by atoms with Crippen LogP contribution in [-0.2, 0) is 25.9 Å². The van der Waals surface area contributed by atoms with E-state index in [-0.39, 0.29) is 24.0 Å². The van der Waals surface area contributed by atoms with E-state index in [1.807, 2.05) is 6.20 Å². The lowest BCUT2D eigenvalue weighted by Crippen LogP contribution is -2.44. The van der Waals surface area contributed by atoms with E-state index in [2.05, 4.69) is 70.5 Å². The van der Waals surface area contributed by atoms with Crippen LogP contribution in [0.15, 0.2) is 27.8 Å². The van der Waals surface area contributed by atoms with Gasteiger partial charge in [-0.1, -0.05) is 25.1 Å². The van der Waals surface area contributed by atoms with Gasteiger partial charge in [0, 0.05) is 57.4 Å². The molecule has 1 saturated heterocycles. The maximum absolute atomic E-state index is 5.46. The van der Waals surface area contributed by atoms with Gasteiger partial charge in [-0.3, -0.25) is 0 Å². The molecule has 9 heteroatoms. The van der Waals surface area contributed by atoms with Crippen LogP contribution in [0.2, 0.25) is 0 Å². The van der Waals surface area contributed by atoms with Gasteiger partial charge in [0.05, 0.1) is 12.2 Å². The number of piperazine rings is 1. The van der Waals surface area contributed by atoms with Crippen molar-refractivity contribution in [1.82, 2.24) is 25.7 Å². The first-order valence-corrected chi connectivity index (χ1v) is 11.0. The first-order chi connectivity index (χ1) is 14.6. The van der Waals surface area contributed by atoms with E-state index in [0.717, 1.165) is 79.9 Å². The van der Waals surface area contributed by atoms with Crippen LogP contribution in [0.5, 0.6) is 0 Å². The minimum absolute atomic E-state index is 0. The Morgan fingerprint density at radius 2 is 1.87 bits per heavy atom. The van der Waals surface area contributed by atoms with Crippen molar-refractivity contribution in [2.75, 3.05) is 44.7 Å². The molecular formula is C22H36IN7O. The van der Waals surface area contributed by atoms with Crippen molar-refractivity contribution < 1.29 is 4.52 Å². The van der Waals surface area contributed by atoms with Crippen molar-refractivity contribution in [3.05, 3.63) is 40.9 Å². The first-order valence-electron chi connectivity index (χ1n) is 11.0. The number of aliphatic imine (C=N–C) groups is 1. The number of aryl methyl sites for hydroxylation is 2. The van der Waals surface area contributed by atoms with E-state index in [9.17, 15) is 0 Å². The van der Waals surface area contributed by atoms with Crippen LogP contribution in [0.3, 0.4) is 0 Å². The lowest BCUT2D eigenvalue weighted by molar-refractivity contribution is 0.312. The zero-order valence-corrected chi connectivity index (χ0v) is 21.5. The van der Waals surface area contributed by atoms with E-state index >= 15 is 0 Å². The third-order valence-electron chi connectivity index (χ3n) is 5.44. The number of hydrogen-bond acceptors (Lipinski definition) is 6. The molecule has 3 heterocycles. The van der Waals surface area contributed by atoms with Crippen LogP contribution >= 0.6 is 24.0 Å². The summed E-state index contributed by atoms with van der Waals surface area (Å²) in [5.74, 6) is 2.78. The van der Waals surface area contributed by atoms with Crippen LogP contribution < -0.4 is 15.5 Å². The van der Waals surface area contributed by atoms with E-state index in [1.165, 1.54) is 0 Å². The van der Waals surface area contributed by atoms with E-state index in [0.29, 0.717) is 13.1 Å². The number of nitrogens with zero attached hydrogens (tertiary/aromatic N) is 5. The highest BCUT2D eigenvalue weighted by Crippen LogP contribution is 2.16. The molecule has 0 amide bonds. The molecule has 0 aliphatic carbocycles. The molecule has 0 atom stereocenters. The number of anilines is 1. The van der Waals surface area contributed by atoms with Gasteiger partial charge in [-0.2, -0.15) is 0 Å². The van der Waals surface area contributed by atoms with Crippen LogP contribution in [0, 0.1) is 0 Å². The molecule has 2 aromatic rings. The molecule has 0 bridgehead atoms. The van der Waals surface area contributed by atoms with Gasteiger partial charge in [-0.05, 0) is 32.0 Å². The Morgan fingerprint density at radius 1 is 1.10 bits per heavy atom. The number of rotatable bonds is 8. The largest absolute Gasteiger partial charge is 0.361 e. The lowest BCUT2D eigenvalue weighted by atomic mass is 10.1. The molecule has 172 valence electrons. The Bertz CT molecular complexity index is 792. The summed E-state index contributed by atoms with van der Waals surface area (Å²) in [6, 6.07) is 4.23. The van der Waals surface area contributed by atoms with Gasteiger partial charge in [-0.15, -0.1) is 24.0 Å². The van der Waals surface area contributed by atoms with E-state index in [1.54, 1.807) is 0 Å². The monoisotopic (exact) mass is 541 g/mol. The van der Waals surface area contributed by atoms with Crippen molar-refractivity contribution >= 4 is 35.8 Å². The summed E-state index contributed by atoms with van der Waals surface area (Å²) >= 11 is 0. The third-order valence-corrected chi connectivity index (χ3v) is 5.44. The first kappa shape index (κ1) is 25.4. The van der Waals surface area contributed by atoms with Gasteiger partial charge in [0.1, 0.15) is 11.6 Å². The fourth-order valence-corrected chi connectivity index (χ4v) is 3.55. The van der Waals surface area contributed by atoms with Crippen molar-refractivity contribution in [3.63, 3.8) is 0 Å². The summed E-state index contributed by atoms with van der Waals surface area (Å²) in [4.78, 5) is 14.1. The van der Waals surface area contributed by atoms with Crippen LogP contribution in [0.25, 0.3) is 0 Å². The molecule has 8 nitrogen and oxygen atoms in total. The molecule has 1 aliphatic heterocycles. The summed E-state index contributed by atoms with van der Waals surface area (Å²) in [5.41, 5.74) is 3.25. The number of hydrogen-bond donors (Lipinski definition) is 2. The van der Waals surface area contributed by atoms with Gasteiger partial charge in [0.25, 0.3) is 0 Å². The Kier molecular flexibility index (Phi) is 10.5. The summed E-state index contributed by atoms with van der Waals surface area (Å²) in [7, 11) is 2.16. The third kappa shape index (κ3) is 7.06. The summed E-state index contributed by atoms with van der Waals surface area (Å²) in [6.45, 7) is 12.5. The zero-order valence-electron chi connectivity index (χ0n) is 19.1. The van der Waals surface area contributed by atoms with Gasteiger partial charge in [0.15, 0.2) is 5.96 Å². The Hall–Kier alpha value is -1.88. The fourth-order valence-electron chi connectivity index (χ4n) is 3.55. The maximum atomic E-state index is 5.46. The maximum Gasteiger partial charge on any atom is 0.191 e. The average molecular weight is 541 g/mol. The van der Waals surface area contributed by atoms with Crippen molar-refractivity contribution in [1.29, 1.82) is 0 Å². The highest BCUT2D eigenvalue weighted by Gasteiger charge is 2.15. The van der Waals surface area contributed by atoms with Crippen molar-refractivity contribution in [3.8, 4) is 0 Å². The summed E-state index contributed by atoms with van der Waals surface area (Å²) in [6.07, 6.45) is 3.63. The van der Waals surface area contributed by atoms with Gasteiger partial charge in [-0.25, -0.2) is 9.98 Å². The predicted molar refractivity (Wildman–Crippen MR) is 136 cm³/mol. The second-order valence-corrected chi connectivity index (χ2v) is 7.60. The molecule has 1 fully saturated rings. The molecule has 0 unspecified atom stereocenters. The number of halogens is 1. The van der Waals surface area contributed by atoms with Crippen LogP contribution in [-0.4, -0.2) is 60.8 Å². The molecule has 0 radical (unpaired) electrons.